The van der Waals surface area contributed by atoms with Gasteiger partial charge in [0.1, 0.15) is 5.76 Å². The van der Waals surface area contributed by atoms with Gasteiger partial charge in [-0.15, -0.1) is 0 Å². The molecule has 3 aliphatic rings. The Morgan fingerprint density at radius 2 is 1.78 bits per heavy atom. The standard InChI is InChI=1S/C22H27N3O2/c26-22(21-19-7-3-4-8-20(19)27-23-21)25-13-11-24(12-14-25)18-10-9-16-5-1-2-6-17(16)15-18/h1-2,5-6,18H,3-4,7-15H2/t18-/m1/s1. The van der Waals surface area contributed by atoms with E-state index in [0.717, 1.165) is 69.6 Å². The highest BCUT2D eigenvalue weighted by atomic mass is 16.5. The molecule has 5 heteroatoms. The minimum atomic E-state index is 0.0653. The summed E-state index contributed by atoms with van der Waals surface area (Å²) in [5.74, 6) is 1.000. The lowest BCUT2D eigenvalue weighted by Crippen LogP contribution is -2.53. The van der Waals surface area contributed by atoms with E-state index in [-0.39, 0.29) is 5.91 Å². The molecule has 0 spiro atoms. The molecule has 1 amide bonds. The molecule has 142 valence electrons. The number of carbonyl (C=O) groups excluding carboxylic acids is 1. The molecular weight excluding hydrogens is 338 g/mol. The van der Waals surface area contributed by atoms with Crippen molar-refractivity contribution < 1.29 is 9.32 Å². The number of rotatable bonds is 2. The molecule has 1 atom stereocenters. The first-order chi connectivity index (χ1) is 13.3. The number of hydrogen-bond donors (Lipinski definition) is 0. The van der Waals surface area contributed by atoms with Crippen LogP contribution in [0.15, 0.2) is 28.8 Å². The predicted molar refractivity (Wildman–Crippen MR) is 103 cm³/mol. The molecule has 1 aromatic carbocycles. The minimum Gasteiger partial charge on any atom is -0.360 e. The monoisotopic (exact) mass is 365 g/mol. The van der Waals surface area contributed by atoms with Crippen LogP contribution < -0.4 is 0 Å². The van der Waals surface area contributed by atoms with Crippen LogP contribution in [0, 0.1) is 0 Å². The molecule has 5 nitrogen and oxygen atoms in total. The predicted octanol–water partition coefficient (Wildman–Crippen LogP) is 2.87. The second-order valence-electron chi connectivity index (χ2n) is 8.13. The van der Waals surface area contributed by atoms with Crippen LogP contribution >= 0.6 is 0 Å². The topological polar surface area (TPSA) is 49.6 Å². The highest BCUT2D eigenvalue weighted by molar-refractivity contribution is 5.94. The molecule has 1 saturated heterocycles. The Balaban J connectivity index is 1.22. The van der Waals surface area contributed by atoms with Gasteiger partial charge < -0.3 is 9.42 Å². The number of fused-ring (bicyclic) bond motifs is 2. The third kappa shape index (κ3) is 3.18. The highest BCUT2D eigenvalue weighted by Crippen LogP contribution is 2.27. The molecule has 2 heterocycles. The lowest BCUT2D eigenvalue weighted by atomic mass is 9.87. The van der Waals surface area contributed by atoms with Gasteiger partial charge in [0, 0.05) is 44.2 Å². The van der Waals surface area contributed by atoms with Crippen LogP contribution in [0.3, 0.4) is 0 Å². The Morgan fingerprint density at radius 3 is 2.63 bits per heavy atom. The van der Waals surface area contributed by atoms with E-state index in [1.165, 1.54) is 24.0 Å². The van der Waals surface area contributed by atoms with Gasteiger partial charge in [-0.2, -0.15) is 0 Å². The average molecular weight is 365 g/mol. The van der Waals surface area contributed by atoms with Crippen LogP contribution in [0.25, 0.3) is 0 Å². The number of hydrogen-bond acceptors (Lipinski definition) is 4. The van der Waals surface area contributed by atoms with E-state index in [1.54, 1.807) is 0 Å². The quantitative estimate of drug-likeness (QED) is 0.821. The molecule has 2 aliphatic carbocycles. The average Bonchev–Trinajstić information content (AvgIpc) is 3.17. The summed E-state index contributed by atoms with van der Waals surface area (Å²) in [6.45, 7) is 3.49. The minimum absolute atomic E-state index is 0.0653. The van der Waals surface area contributed by atoms with Gasteiger partial charge in [0.2, 0.25) is 0 Å². The van der Waals surface area contributed by atoms with Crippen LogP contribution in [0.4, 0.5) is 0 Å². The Hall–Kier alpha value is -2.14. The maximum atomic E-state index is 13.0. The van der Waals surface area contributed by atoms with Crippen LogP contribution in [0.2, 0.25) is 0 Å². The number of nitrogens with zero attached hydrogens (tertiary/aromatic N) is 3. The second-order valence-corrected chi connectivity index (χ2v) is 8.13. The summed E-state index contributed by atoms with van der Waals surface area (Å²) in [5, 5.41) is 4.13. The van der Waals surface area contributed by atoms with E-state index in [1.807, 2.05) is 4.90 Å². The summed E-state index contributed by atoms with van der Waals surface area (Å²) < 4.78 is 5.44. The Kier molecular flexibility index (Phi) is 4.48. The maximum absolute atomic E-state index is 13.0. The summed E-state index contributed by atoms with van der Waals surface area (Å²) in [4.78, 5) is 17.5. The van der Waals surface area contributed by atoms with Crippen LogP contribution in [0.5, 0.6) is 0 Å². The molecule has 27 heavy (non-hydrogen) atoms. The Labute approximate surface area is 160 Å². The summed E-state index contributed by atoms with van der Waals surface area (Å²) in [7, 11) is 0. The summed E-state index contributed by atoms with van der Waals surface area (Å²) in [6, 6.07) is 9.44. The van der Waals surface area contributed by atoms with Crippen molar-refractivity contribution >= 4 is 5.91 Å². The molecule has 0 saturated carbocycles. The van der Waals surface area contributed by atoms with Crippen molar-refractivity contribution in [1.82, 2.24) is 15.0 Å². The normalized spacial score (nSPS) is 23.0. The van der Waals surface area contributed by atoms with Gasteiger partial charge in [-0.1, -0.05) is 29.4 Å². The fourth-order valence-corrected chi connectivity index (χ4v) is 4.98. The smallest absolute Gasteiger partial charge is 0.276 e. The molecule has 0 N–H and O–H groups in total. The van der Waals surface area contributed by atoms with Crippen molar-refractivity contribution in [2.24, 2.45) is 0 Å². The summed E-state index contributed by atoms with van der Waals surface area (Å²) in [6.07, 6.45) is 7.66. The van der Waals surface area contributed by atoms with Gasteiger partial charge in [0.25, 0.3) is 5.91 Å². The van der Waals surface area contributed by atoms with Crippen molar-refractivity contribution in [3.05, 3.63) is 52.4 Å². The largest absolute Gasteiger partial charge is 0.360 e. The van der Waals surface area contributed by atoms with Gasteiger partial charge in [0.05, 0.1) is 0 Å². The third-order valence-corrected chi connectivity index (χ3v) is 6.59. The SMILES string of the molecule is O=C(c1noc2c1CCCC2)N1CCN([C@@H]2CCc3ccccc3C2)CC1. The molecule has 1 aromatic heterocycles. The van der Waals surface area contributed by atoms with E-state index < -0.39 is 0 Å². The molecule has 1 aliphatic heterocycles. The molecule has 2 aromatic rings. The van der Waals surface area contributed by atoms with Crippen molar-refractivity contribution in [2.75, 3.05) is 26.2 Å². The third-order valence-electron chi connectivity index (χ3n) is 6.59. The van der Waals surface area contributed by atoms with E-state index in [2.05, 4.69) is 34.3 Å². The van der Waals surface area contributed by atoms with Crippen LogP contribution in [-0.2, 0) is 25.7 Å². The zero-order chi connectivity index (χ0) is 18.2. The number of aryl methyl sites for hydroxylation is 2. The van der Waals surface area contributed by atoms with E-state index in [0.29, 0.717) is 11.7 Å². The fraction of sp³-hybridized carbons (Fsp3) is 0.545. The number of piperazine rings is 1. The van der Waals surface area contributed by atoms with E-state index in [9.17, 15) is 4.79 Å². The number of benzene rings is 1. The van der Waals surface area contributed by atoms with E-state index >= 15 is 0 Å². The fourth-order valence-electron chi connectivity index (χ4n) is 4.98. The first kappa shape index (κ1) is 17.0. The molecule has 0 radical (unpaired) electrons. The lowest BCUT2D eigenvalue weighted by Gasteiger charge is -2.41. The lowest BCUT2D eigenvalue weighted by molar-refractivity contribution is 0.0543. The van der Waals surface area contributed by atoms with Gasteiger partial charge in [-0.05, 0) is 49.7 Å². The number of carbonyl (C=O) groups is 1. The van der Waals surface area contributed by atoms with Gasteiger partial charge in [-0.25, -0.2) is 0 Å². The van der Waals surface area contributed by atoms with Crippen molar-refractivity contribution in [3.8, 4) is 0 Å². The first-order valence-electron chi connectivity index (χ1n) is 10.4. The zero-order valence-corrected chi connectivity index (χ0v) is 15.8. The van der Waals surface area contributed by atoms with Gasteiger partial charge >= 0.3 is 0 Å². The molecule has 0 unspecified atom stereocenters. The van der Waals surface area contributed by atoms with Crippen molar-refractivity contribution in [2.45, 2.75) is 51.0 Å². The highest BCUT2D eigenvalue weighted by Gasteiger charge is 2.32. The summed E-state index contributed by atoms with van der Waals surface area (Å²) in [5.41, 5.74) is 4.65. The van der Waals surface area contributed by atoms with Crippen LogP contribution in [-0.4, -0.2) is 53.1 Å². The Morgan fingerprint density at radius 1 is 1.00 bits per heavy atom. The van der Waals surface area contributed by atoms with E-state index in [4.69, 9.17) is 4.52 Å². The van der Waals surface area contributed by atoms with Crippen molar-refractivity contribution in [1.29, 1.82) is 0 Å². The maximum Gasteiger partial charge on any atom is 0.276 e. The molecule has 1 fully saturated rings. The van der Waals surface area contributed by atoms with Crippen molar-refractivity contribution in [3.63, 3.8) is 0 Å². The zero-order valence-electron chi connectivity index (χ0n) is 15.8. The van der Waals surface area contributed by atoms with Gasteiger partial charge in [0.15, 0.2) is 5.69 Å². The number of amides is 1. The number of aromatic nitrogens is 1. The first-order valence-corrected chi connectivity index (χ1v) is 10.4. The molecule has 0 bridgehead atoms. The van der Waals surface area contributed by atoms with Crippen LogP contribution in [0.1, 0.15) is 52.2 Å². The molecular formula is C22H27N3O2. The van der Waals surface area contributed by atoms with Gasteiger partial charge in [-0.3, -0.25) is 9.69 Å². The Bertz CT molecular complexity index is 836. The second kappa shape index (κ2) is 7.12. The molecule has 5 rings (SSSR count). The summed E-state index contributed by atoms with van der Waals surface area (Å²) >= 11 is 0.